The Morgan fingerprint density at radius 2 is 1.84 bits per heavy atom. The van der Waals surface area contributed by atoms with Gasteiger partial charge in [-0.3, -0.25) is 24.7 Å². The zero-order valence-electron chi connectivity index (χ0n) is 17.1. The second kappa shape index (κ2) is 10.5. The Bertz CT molecular complexity index is 1120. The average molecular weight is 436 g/mol. The van der Waals surface area contributed by atoms with E-state index in [-0.39, 0.29) is 24.4 Å². The van der Waals surface area contributed by atoms with Crippen molar-refractivity contribution in [3.63, 3.8) is 0 Å². The minimum atomic E-state index is -0.597. The number of nitrogens with one attached hydrogen (secondary N) is 2. The Hall–Kier alpha value is -4.47. The molecule has 2 amide bonds. The summed E-state index contributed by atoms with van der Waals surface area (Å²) in [7, 11) is 1.51. The summed E-state index contributed by atoms with van der Waals surface area (Å²) in [6, 6.07) is 13.8. The number of aromatic nitrogens is 1. The number of hydrogen-bond acceptors (Lipinski definition) is 7. The van der Waals surface area contributed by atoms with Crippen LogP contribution in [-0.4, -0.2) is 35.4 Å². The second-order valence-corrected chi connectivity index (χ2v) is 6.55. The number of ether oxygens (including phenoxy) is 2. The second-order valence-electron chi connectivity index (χ2n) is 6.55. The summed E-state index contributed by atoms with van der Waals surface area (Å²) in [5.74, 6) is -0.146. The van der Waals surface area contributed by atoms with Crippen molar-refractivity contribution in [2.24, 2.45) is 0 Å². The fraction of sp³-hybridized carbons (Fsp3) is 0.136. The summed E-state index contributed by atoms with van der Waals surface area (Å²) < 4.78 is 11.1. The van der Waals surface area contributed by atoms with Gasteiger partial charge >= 0.3 is 0 Å². The van der Waals surface area contributed by atoms with Crippen LogP contribution in [0.25, 0.3) is 0 Å². The van der Waals surface area contributed by atoms with Gasteiger partial charge in [-0.25, -0.2) is 0 Å². The Morgan fingerprint density at radius 3 is 2.56 bits per heavy atom. The number of non-ortho nitro benzene ring substituents is 1. The maximum absolute atomic E-state index is 12.3. The van der Waals surface area contributed by atoms with Crippen molar-refractivity contribution in [3.8, 4) is 11.5 Å². The molecule has 164 valence electrons. The van der Waals surface area contributed by atoms with Gasteiger partial charge in [0.2, 0.25) is 5.91 Å². The number of carbonyl (C=O) groups is 2. The molecule has 2 N–H and O–H groups in total. The highest BCUT2D eigenvalue weighted by Gasteiger charge is 2.13. The summed E-state index contributed by atoms with van der Waals surface area (Å²) in [5.41, 5.74) is 1.24. The Balaban J connectivity index is 1.59. The number of hydrogen-bond donors (Lipinski definition) is 2. The van der Waals surface area contributed by atoms with Gasteiger partial charge in [-0.1, -0.05) is 6.07 Å². The molecule has 10 nitrogen and oxygen atoms in total. The molecule has 32 heavy (non-hydrogen) atoms. The van der Waals surface area contributed by atoms with Crippen LogP contribution in [0.1, 0.15) is 15.9 Å². The fourth-order valence-corrected chi connectivity index (χ4v) is 2.74. The van der Waals surface area contributed by atoms with E-state index in [1.54, 1.807) is 30.6 Å². The van der Waals surface area contributed by atoms with Gasteiger partial charge in [0, 0.05) is 41.8 Å². The molecule has 10 heteroatoms. The first-order valence-electron chi connectivity index (χ1n) is 9.48. The first-order valence-corrected chi connectivity index (χ1v) is 9.48. The van der Waals surface area contributed by atoms with Crippen LogP contribution in [0.4, 0.5) is 11.4 Å². The lowest BCUT2D eigenvalue weighted by atomic mass is 10.2. The van der Waals surface area contributed by atoms with Crippen LogP contribution in [0.3, 0.4) is 0 Å². The lowest BCUT2D eigenvalue weighted by molar-refractivity contribution is -0.384. The molecule has 3 aromatic rings. The maximum atomic E-state index is 12.3. The van der Waals surface area contributed by atoms with Crippen LogP contribution in [-0.2, 0) is 11.4 Å². The molecular weight excluding hydrogens is 416 g/mol. The lowest BCUT2D eigenvalue weighted by Gasteiger charge is -2.13. The van der Waals surface area contributed by atoms with E-state index in [2.05, 4.69) is 15.6 Å². The average Bonchev–Trinajstić information content (AvgIpc) is 2.82. The largest absolute Gasteiger partial charge is 0.493 e. The van der Waals surface area contributed by atoms with Crippen LogP contribution in [0, 0.1) is 10.1 Å². The number of anilines is 1. The number of amides is 2. The smallest absolute Gasteiger partial charge is 0.270 e. The lowest BCUT2D eigenvalue weighted by Crippen LogP contribution is -2.32. The van der Waals surface area contributed by atoms with Gasteiger partial charge in [0.15, 0.2) is 11.5 Å². The van der Waals surface area contributed by atoms with E-state index < -0.39 is 16.7 Å². The summed E-state index contributed by atoms with van der Waals surface area (Å²) in [6.07, 6.45) is 3.32. The first kappa shape index (κ1) is 22.2. The van der Waals surface area contributed by atoms with Crippen molar-refractivity contribution in [3.05, 3.63) is 88.2 Å². The molecule has 0 aliphatic rings. The van der Waals surface area contributed by atoms with Gasteiger partial charge in [0.05, 0.1) is 18.6 Å². The molecule has 0 radical (unpaired) electrons. The normalized spacial score (nSPS) is 10.2. The Morgan fingerprint density at radius 1 is 1.06 bits per heavy atom. The molecule has 0 atom stereocenters. The van der Waals surface area contributed by atoms with Gasteiger partial charge in [-0.05, 0) is 35.9 Å². The standard InChI is InChI=1S/C22H20N4O6/c1-31-19-6-5-17(12-20(19)32-14-15-7-9-23-10-8-15)25-21(27)13-24-22(28)16-3-2-4-18(11-16)26(29)30/h2-12H,13-14H2,1H3,(H,24,28)(H,25,27). The topological polar surface area (TPSA) is 133 Å². The summed E-state index contributed by atoms with van der Waals surface area (Å²) in [6.45, 7) is -0.0314. The highest BCUT2D eigenvalue weighted by Crippen LogP contribution is 2.30. The molecule has 0 fully saturated rings. The number of nitrogens with zero attached hydrogens (tertiary/aromatic N) is 2. The number of nitro groups is 1. The van der Waals surface area contributed by atoms with E-state index in [1.807, 2.05) is 12.1 Å². The van der Waals surface area contributed by atoms with Gasteiger partial charge in [0.1, 0.15) is 6.61 Å². The number of nitro benzene ring substituents is 1. The van der Waals surface area contributed by atoms with Gasteiger partial charge in [0.25, 0.3) is 11.6 Å². The summed E-state index contributed by atoms with van der Waals surface area (Å²) >= 11 is 0. The molecule has 0 saturated carbocycles. The van der Waals surface area contributed by atoms with E-state index in [4.69, 9.17) is 9.47 Å². The molecule has 1 aromatic heterocycles. The molecule has 0 saturated heterocycles. The quantitative estimate of drug-likeness (QED) is 0.389. The fourth-order valence-electron chi connectivity index (χ4n) is 2.74. The minimum Gasteiger partial charge on any atom is -0.493 e. The molecule has 0 aliphatic carbocycles. The molecule has 3 rings (SSSR count). The highest BCUT2D eigenvalue weighted by molar-refractivity contribution is 5.99. The third kappa shape index (κ3) is 6.02. The molecule has 0 bridgehead atoms. The summed E-state index contributed by atoms with van der Waals surface area (Å²) in [5, 5.41) is 15.9. The van der Waals surface area contributed by atoms with Crippen LogP contribution >= 0.6 is 0 Å². The molecule has 0 aliphatic heterocycles. The summed E-state index contributed by atoms with van der Waals surface area (Å²) in [4.78, 5) is 38.6. The van der Waals surface area contributed by atoms with E-state index in [1.165, 1.54) is 25.3 Å². The monoisotopic (exact) mass is 436 g/mol. The Kier molecular flexibility index (Phi) is 7.31. The van der Waals surface area contributed by atoms with Crippen LogP contribution in [0.2, 0.25) is 0 Å². The SMILES string of the molecule is COc1ccc(NC(=O)CNC(=O)c2cccc([N+](=O)[O-])c2)cc1OCc1ccncc1. The predicted octanol–water partition coefficient (Wildman–Crippen LogP) is 2.95. The van der Waals surface area contributed by atoms with Crippen molar-refractivity contribution in [2.75, 3.05) is 19.0 Å². The number of carbonyl (C=O) groups excluding carboxylic acids is 2. The van der Waals surface area contributed by atoms with Crippen LogP contribution in [0.15, 0.2) is 67.0 Å². The van der Waals surface area contributed by atoms with Crippen LogP contribution in [0.5, 0.6) is 11.5 Å². The van der Waals surface area contributed by atoms with E-state index in [9.17, 15) is 19.7 Å². The number of pyridine rings is 1. The first-order chi connectivity index (χ1) is 15.5. The predicted molar refractivity (Wildman–Crippen MR) is 116 cm³/mol. The molecular formula is C22H20N4O6. The van der Waals surface area contributed by atoms with Gasteiger partial charge < -0.3 is 20.1 Å². The molecule has 2 aromatic carbocycles. The van der Waals surface area contributed by atoms with Crippen molar-refractivity contribution in [2.45, 2.75) is 6.61 Å². The van der Waals surface area contributed by atoms with Gasteiger partial charge in [-0.15, -0.1) is 0 Å². The third-order valence-corrected chi connectivity index (χ3v) is 4.32. The van der Waals surface area contributed by atoms with Crippen LogP contribution < -0.4 is 20.1 Å². The molecule has 0 spiro atoms. The van der Waals surface area contributed by atoms with Gasteiger partial charge in [-0.2, -0.15) is 0 Å². The van der Waals surface area contributed by atoms with Crippen molar-refractivity contribution in [1.29, 1.82) is 0 Å². The zero-order chi connectivity index (χ0) is 22.9. The minimum absolute atomic E-state index is 0.0863. The molecule has 0 unspecified atom stereocenters. The van der Waals surface area contributed by atoms with E-state index >= 15 is 0 Å². The third-order valence-electron chi connectivity index (χ3n) is 4.32. The van der Waals surface area contributed by atoms with Crippen molar-refractivity contribution >= 4 is 23.2 Å². The Labute approximate surface area is 183 Å². The number of rotatable bonds is 9. The van der Waals surface area contributed by atoms with Crippen molar-refractivity contribution < 1.29 is 24.0 Å². The zero-order valence-corrected chi connectivity index (χ0v) is 17.1. The number of benzene rings is 2. The highest BCUT2D eigenvalue weighted by atomic mass is 16.6. The maximum Gasteiger partial charge on any atom is 0.270 e. The van der Waals surface area contributed by atoms with E-state index in [0.717, 1.165) is 11.6 Å². The number of methoxy groups -OCH3 is 1. The van der Waals surface area contributed by atoms with E-state index in [0.29, 0.717) is 17.2 Å². The van der Waals surface area contributed by atoms with Crippen molar-refractivity contribution in [1.82, 2.24) is 10.3 Å². The molecule has 1 heterocycles.